The minimum absolute atomic E-state index is 0.495. The van der Waals surface area contributed by atoms with E-state index in [4.69, 9.17) is 0 Å². The predicted octanol–water partition coefficient (Wildman–Crippen LogP) is 3.49. The van der Waals surface area contributed by atoms with Crippen LogP contribution in [0.4, 0.5) is 0 Å². The van der Waals surface area contributed by atoms with Gasteiger partial charge in [0.05, 0.1) is 6.33 Å². The molecule has 0 N–H and O–H groups in total. The van der Waals surface area contributed by atoms with Gasteiger partial charge < -0.3 is 4.57 Å². The SMILES string of the molecule is CC(C)(C)CCCCCn1ccnc1. The second kappa shape index (κ2) is 5.18. The van der Waals surface area contributed by atoms with Crippen LogP contribution in [0.3, 0.4) is 0 Å². The Morgan fingerprint density at radius 1 is 1.14 bits per heavy atom. The maximum absolute atomic E-state index is 4.02. The third-order valence-corrected chi connectivity index (χ3v) is 2.40. The van der Waals surface area contributed by atoms with Crippen LogP contribution in [0.2, 0.25) is 0 Å². The molecular formula is C12H22N2. The summed E-state index contributed by atoms with van der Waals surface area (Å²) in [6.07, 6.45) is 11.0. The minimum atomic E-state index is 0.495. The quantitative estimate of drug-likeness (QED) is 0.656. The van der Waals surface area contributed by atoms with Crippen molar-refractivity contribution in [1.29, 1.82) is 0 Å². The van der Waals surface area contributed by atoms with E-state index in [2.05, 4.69) is 30.3 Å². The largest absolute Gasteiger partial charge is 0.337 e. The summed E-state index contributed by atoms with van der Waals surface area (Å²) in [6.45, 7) is 8.04. The van der Waals surface area contributed by atoms with Crippen LogP contribution in [0, 0.1) is 5.41 Å². The lowest BCUT2D eigenvalue weighted by Gasteiger charge is -2.17. The van der Waals surface area contributed by atoms with E-state index in [9.17, 15) is 0 Å². The molecule has 0 aromatic carbocycles. The van der Waals surface area contributed by atoms with E-state index in [-0.39, 0.29) is 0 Å². The Bertz CT molecular complexity index is 231. The summed E-state index contributed by atoms with van der Waals surface area (Å²) in [5, 5.41) is 0. The van der Waals surface area contributed by atoms with Gasteiger partial charge >= 0.3 is 0 Å². The molecule has 1 heterocycles. The summed E-state index contributed by atoms with van der Waals surface area (Å²) in [4.78, 5) is 4.02. The van der Waals surface area contributed by atoms with Gasteiger partial charge in [-0.3, -0.25) is 0 Å². The molecule has 0 spiro atoms. The van der Waals surface area contributed by atoms with Crippen LogP contribution in [-0.4, -0.2) is 9.55 Å². The zero-order valence-electron chi connectivity index (χ0n) is 9.66. The Morgan fingerprint density at radius 3 is 2.50 bits per heavy atom. The van der Waals surface area contributed by atoms with Gasteiger partial charge in [-0.05, 0) is 18.3 Å². The zero-order chi connectivity index (χ0) is 10.4. The molecular weight excluding hydrogens is 172 g/mol. The molecule has 0 amide bonds. The molecule has 0 aliphatic heterocycles. The van der Waals surface area contributed by atoms with E-state index in [1.165, 1.54) is 25.7 Å². The number of aryl methyl sites for hydroxylation is 1. The van der Waals surface area contributed by atoms with E-state index in [0.29, 0.717) is 5.41 Å². The van der Waals surface area contributed by atoms with Gasteiger partial charge in [-0.1, -0.05) is 33.6 Å². The molecule has 1 aromatic rings. The molecule has 0 atom stereocenters. The molecule has 2 heteroatoms. The van der Waals surface area contributed by atoms with Crippen molar-refractivity contribution in [2.24, 2.45) is 5.41 Å². The monoisotopic (exact) mass is 194 g/mol. The van der Waals surface area contributed by atoms with Crippen molar-refractivity contribution >= 4 is 0 Å². The maximum Gasteiger partial charge on any atom is 0.0945 e. The summed E-state index contributed by atoms with van der Waals surface area (Å²) < 4.78 is 2.15. The Morgan fingerprint density at radius 2 is 1.93 bits per heavy atom. The van der Waals surface area contributed by atoms with Gasteiger partial charge in [-0.2, -0.15) is 0 Å². The summed E-state index contributed by atoms with van der Waals surface area (Å²) in [7, 11) is 0. The molecule has 0 saturated heterocycles. The lowest BCUT2D eigenvalue weighted by atomic mass is 9.89. The number of nitrogens with zero attached hydrogens (tertiary/aromatic N) is 2. The van der Waals surface area contributed by atoms with E-state index in [1.807, 2.05) is 18.7 Å². The third-order valence-electron chi connectivity index (χ3n) is 2.40. The fourth-order valence-electron chi connectivity index (χ4n) is 1.55. The molecule has 0 aliphatic carbocycles. The molecule has 0 aliphatic rings. The van der Waals surface area contributed by atoms with Gasteiger partial charge in [0.15, 0.2) is 0 Å². The van der Waals surface area contributed by atoms with Crippen LogP contribution in [0.25, 0.3) is 0 Å². The number of rotatable bonds is 5. The van der Waals surface area contributed by atoms with E-state index < -0.39 is 0 Å². The van der Waals surface area contributed by atoms with Crippen molar-refractivity contribution in [2.45, 2.75) is 53.0 Å². The molecule has 1 aromatic heterocycles. The number of unbranched alkanes of at least 4 members (excludes halogenated alkanes) is 2. The van der Waals surface area contributed by atoms with E-state index >= 15 is 0 Å². The average molecular weight is 194 g/mol. The summed E-state index contributed by atoms with van der Waals surface area (Å²) in [6, 6.07) is 0. The fraction of sp³-hybridized carbons (Fsp3) is 0.750. The van der Waals surface area contributed by atoms with Crippen LogP contribution in [0.15, 0.2) is 18.7 Å². The van der Waals surface area contributed by atoms with Crippen molar-refractivity contribution in [3.8, 4) is 0 Å². The van der Waals surface area contributed by atoms with Crippen molar-refractivity contribution in [2.75, 3.05) is 0 Å². The van der Waals surface area contributed by atoms with Crippen LogP contribution < -0.4 is 0 Å². The summed E-state index contributed by atoms with van der Waals surface area (Å²) in [5.41, 5.74) is 0.495. The highest BCUT2D eigenvalue weighted by molar-refractivity contribution is 4.73. The van der Waals surface area contributed by atoms with Crippen LogP contribution >= 0.6 is 0 Å². The molecule has 14 heavy (non-hydrogen) atoms. The van der Waals surface area contributed by atoms with Gasteiger partial charge in [0.25, 0.3) is 0 Å². The summed E-state index contributed by atoms with van der Waals surface area (Å²) >= 11 is 0. The topological polar surface area (TPSA) is 17.8 Å². The Hall–Kier alpha value is -0.790. The molecule has 0 bridgehead atoms. The fourth-order valence-corrected chi connectivity index (χ4v) is 1.55. The first kappa shape index (κ1) is 11.3. The van der Waals surface area contributed by atoms with Crippen LogP contribution in [0.1, 0.15) is 46.5 Å². The Labute approximate surface area is 87.4 Å². The van der Waals surface area contributed by atoms with Gasteiger partial charge in [0.1, 0.15) is 0 Å². The van der Waals surface area contributed by atoms with E-state index in [0.717, 1.165) is 6.54 Å². The maximum atomic E-state index is 4.02. The highest BCUT2D eigenvalue weighted by atomic mass is 15.0. The van der Waals surface area contributed by atoms with Gasteiger partial charge in [-0.25, -0.2) is 4.98 Å². The van der Waals surface area contributed by atoms with Crippen LogP contribution in [-0.2, 0) is 6.54 Å². The normalized spacial score (nSPS) is 11.9. The van der Waals surface area contributed by atoms with Crippen molar-refractivity contribution in [3.05, 3.63) is 18.7 Å². The molecule has 2 nitrogen and oxygen atoms in total. The Kier molecular flexibility index (Phi) is 4.18. The second-order valence-electron chi connectivity index (χ2n) is 5.17. The highest BCUT2D eigenvalue weighted by Crippen LogP contribution is 2.21. The number of hydrogen-bond acceptors (Lipinski definition) is 1. The standard InChI is InChI=1S/C12H22N2/c1-12(2,3)7-5-4-6-9-14-10-8-13-11-14/h8,10-11H,4-7,9H2,1-3H3. The second-order valence-corrected chi connectivity index (χ2v) is 5.17. The average Bonchev–Trinajstić information content (AvgIpc) is 2.54. The zero-order valence-corrected chi connectivity index (χ0v) is 9.66. The number of hydrogen-bond donors (Lipinski definition) is 0. The molecule has 0 unspecified atom stereocenters. The number of aromatic nitrogens is 2. The predicted molar refractivity (Wildman–Crippen MR) is 60.2 cm³/mol. The molecule has 80 valence electrons. The molecule has 1 rings (SSSR count). The highest BCUT2D eigenvalue weighted by Gasteiger charge is 2.08. The minimum Gasteiger partial charge on any atom is -0.337 e. The molecule has 0 saturated carbocycles. The molecule has 0 fully saturated rings. The van der Waals surface area contributed by atoms with Crippen molar-refractivity contribution < 1.29 is 0 Å². The van der Waals surface area contributed by atoms with Gasteiger partial charge in [-0.15, -0.1) is 0 Å². The smallest absolute Gasteiger partial charge is 0.0945 e. The summed E-state index contributed by atoms with van der Waals surface area (Å²) in [5.74, 6) is 0. The van der Waals surface area contributed by atoms with E-state index in [1.54, 1.807) is 0 Å². The Balaban J connectivity index is 2.00. The van der Waals surface area contributed by atoms with Crippen molar-refractivity contribution in [3.63, 3.8) is 0 Å². The first-order valence-corrected chi connectivity index (χ1v) is 5.54. The lowest BCUT2D eigenvalue weighted by Crippen LogP contribution is -2.04. The number of imidazole rings is 1. The van der Waals surface area contributed by atoms with Crippen molar-refractivity contribution in [1.82, 2.24) is 9.55 Å². The van der Waals surface area contributed by atoms with Gasteiger partial charge in [0.2, 0.25) is 0 Å². The first-order valence-electron chi connectivity index (χ1n) is 5.54. The molecule has 0 radical (unpaired) electrons. The third kappa shape index (κ3) is 5.05. The first-order chi connectivity index (χ1) is 6.58. The lowest BCUT2D eigenvalue weighted by molar-refractivity contribution is 0.355. The van der Waals surface area contributed by atoms with Crippen LogP contribution in [0.5, 0.6) is 0 Å². The van der Waals surface area contributed by atoms with Gasteiger partial charge in [0, 0.05) is 18.9 Å².